The summed E-state index contributed by atoms with van der Waals surface area (Å²) in [6, 6.07) is 49.7. The Morgan fingerprint density at radius 3 is 0.991 bits per heavy atom. The van der Waals surface area contributed by atoms with Crippen LogP contribution in [-0.2, 0) is 24.0 Å². The standard InChI is InChI=1S/C15H17N3O2.C15H19N3O.C14H17N3O.C14H12N2O2.C13H15N3O.C13H13N3/c1-8(15(16)20)14-7-12-11(9(2)17-14)5-4-6-13(12)18-10(3)19;1-4-17-13-7-5-6-11-10(3)18-14(8-12(11)13)9(2)15(16)19;1-8(14(15)18)13-7-11-10(9(2)17-13)5-4-6-12(11)16-3;1-8(7-15)13-6-12-10(9(2)16-13)4-3-5-11(12)14(17)18;1-7(13(15)17)12-6-10-9(8(2)16-12)4-3-5-11(10)14;1-8(7-14)13-6-11-10(9(2)16-13)4-3-5-12(11)15/h4-8H,1-3H3,(H2,16,20)(H,18,19);5-9,17H,4H2,1-3H3,(H2,16,19);4-8,16H,1-3H3,(H2,15,18);3-6,8H,1-2H3,(H,17,18);3-7H,14H2,1-2H3,(H2,15,17);3-6,8H,15H2,1-2H3. The monoisotopic (exact) mass is 1450 g/mol. The summed E-state index contributed by atoms with van der Waals surface area (Å²) in [4.78, 5) is 94.2. The van der Waals surface area contributed by atoms with E-state index in [9.17, 15) is 33.9 Å². The van der Waals surface area contributed by atoms with E-state index in [1.54, 1.807) is 52.8 Å². The normalized spacial score (nSPS) is 12.3. The van der Waals surface area contributed by atoms with Crippen LogP contribution in [0.5, 0.6) is 0 Å². The van der Waals surface area contributed by atoms with Crippen LogP contribution < -0.4 is 50.4 Å². The lowest BCUT2D eigenvalue weighted by molar-refractivity contribution is -0.120. The summed E-state index contributed by atoms with van der Waals surface area (Å²) in [5.41, 5.74) is 46.9. The average molecular weight is 1450 g/mol. The van der Waals surface area contributed by atoms with Crippen molar-refractivity contribution in [1.82, 2.24) is 29.9 Å². The van der Waals surface area contributed by atoms with Gasteiger partial charge in [0.2, 0.25) is 29.5 Å². The van der Waals surface area contributed by atoms with E-state index in [-0.39, 0.29) is 52.9 Å². The van der Waals surface area contributed by atoms with Gasteiger partial charge in [-0.05, 0) is 168 Å². The van der Waals surface area contributed by atoms with E-state index >= 15 is 0 Å². The zero-order chi connectivity index (χ0) is 79.7. The van der Waals surface area contributed by atoms with E-state index in [1.807, 2.05) is 183 Å². The summed E-state index contributed by atoms with van der Waals surface area (Å²) in [5.74, 6) is -4.82. The molecule has 0 aliphatic carbocycles. The first kappa shape index (κ1) is 82.1. The molecule has 6 atom stereocenters. The highest BCUT2D eigenvalue weighted by atomic mass is 16.4. The van der Waals surface area contributed by atoms with Gasteiger partial charge in [0.25, 0.3) is 0 Å². The minimum Gasteiger partial charge on any atom is -0.478 e. The van der Waals surface area contributed by atoms with Gasteiger partial charge in [0, 0.05) is 142 Å². The van der Waals surface area contributed by atoms with Gasteiger partial charge in [0.05, 0.1) is 87.4 Å². The Bertz CT molecular complexity index is 5520. The number of benzene rings is 6. The number of primary amides is 4. The molecule has 0 saturated heterocycles. The molecule has 6 aromatic heterocycles. The van der Waals surface area contributed by atoms with Crippen molar-refractivity contribution < 1.29 is 33.9 Å². The van der Waals surface area contributed by atoms with E-state index in [2.05, 4.69) is 64.9 Å². The van der Waals surface area contributed by atoms with Gasteiger partial charge in [0.15, 0.2) is 0 Å². The summed E-state index contributed by atoms with van der Waals surface area (Å²) < 4.78 is 0. The second-order valence-electron chi connectivity index (χ2n) is 26.2. The number of hydrogen-bond donors (Lipinski definition) is 10. The van der Waals surface area contributed by atoms with E-state index in [1.165, 1.54) is 6.92 Å². The first-order chi connectivity index (χ1) is 51.2. The number of hydrogen-bond acceptors (Lipinski definition) is 18. The number of nitrogens with zero attached hydrogens (tertiary/aromatic N) is 8. The minimum atomic E-state index is -0.971. The molecule has 0 spiro atoms. The molecule has 12 rings (SSSR count). The molecule has 0 fully saturated rings. The second kappa shape index (κ2) is 36.5. The number of nitrogen functional groups attached to an aromatic ring is 2. The lowest BCUT2D eigenvalue weighted by atomic mass is 10.00. The highest BCUT2D eigenvalue weighted by Crippen LogP contribution is 2.34. The third kappa shape index (κ3) is 19.6. The molecule has 12 aromatic rings. The Morgan fingerprint density at radius 1 is 0.398 bits per heavy atom. The van der Waals surface area contributed by atoms with Gasteiger partial charge in [-0.2, -0.15) is 10.5 Å². The minimum absolute atomic E-state index is 0.142. The van der Waals surface area contributed by atoms with Gasteiger partial charge < -0.3 is 55.5 Å². The van der Waals surface area contributed by atoms with Crippen molar-refractivity contribution in [2.45, 2.75) is 132 Å². The number of aromatic nitrogens is 6. The molecule has 0 aliphatic rings. The summed E-state index contributed by atoms with van der Waals surface area (Å²) in [6.45, 7) is 26.4. The Morgan fingerprint density at radius 2 is 0.667 bits per heavy atom. The molecule has 0 aliphatic heterocycles. The van der Waals surface area contributed by atoms with Crippen LogP contribution in [0.3, 0.4) is 0 Å². The molecule has 0 saturated carbocycles. The van der Waals surface area contributed by atoms with Crippen molar-refractivity contribution in [3.05, 3.63) is 219 Å². The molecule has 24 nitrogen and oxygen atoms in total. The number of carboxylic acids is 1. The zero-order valence-electron chi connectivity index (χ0n) is 63.5. The predicted octanol–water partition coefficient (Wildman–Crippen LogP) is 14.2. The Labute approximate surface area is 627 Å². The molecule has 5 amide bonds. The van der Waals surface area contributed by atoms with E-state index in [0.29, 0.717) is 33.8 Å². The Balaban J connectivity index is 0.000000181. The number of carboxylic acid groups (broad SMARTS) is 1. The summed E-state index contributed by atoms with van der Waals surface area (Å²) in [6.07, 6.45) is 0. The van der Waals surface area contributed by atoms with Gasteiger partial charge in [-0.3, -0.25) is 53.9 Å². The van der Waals surface area contributed by atoms with Crippen LogP contribution in [0.15, 0.2) is 146 Å². The SMILES string of the molecule is CC(=O)Nc1cccc2c(C)nc(C(C)C(N)=O)cc12.CCNc1cccc2c(C)nc(C(C)C(N)=O)cc12.CNc1cccc2c(C)nc(C(C)C(N)=O)cc12.Cc1nc(C(C)C#N)cc2c(C(=O)O)cccc12.Cc1nc(C(C)C#N)cc2c(N)cccc12.Cc1nc(C(C)C(N)=O)cc2c(N)cccc12. The van der Waals surface area contributed by atoms with Gasteiger partial charge in [-0.1, -0.05) is 72.8 Å². The first-order valence-electron chi connectivity index (χ1n) is 35.0. The Kier molecular flexibility index (Phi) is 27.7. The van der Waals surface area contributed by atoms with Crippen molar-refractivity contribution in [3.63, 3.8) is 0 Å². The van der Waals surface area contributed by atoms with Crippen LogP contribution in [-0.4, -0.2) is 84.1 Å². The lowest BCUT2D eigenvalue weighted by Gasteiger charge is -2.13. The predicted molar refractivity (Wildman–Crippen MR) is 431 cm³/mol. The maximum absolute atomic E-state index is 11.3. The molecule has 6 heterocycles. The lowest BCUT2D eigenvalue weighted by Crippen LogP contribution is -2.20. The fraction of sp³-hybridized carbons (Fsp3) is 0.262. The van der Waals surface area contributed by atoms with E-state index < -0.39 is 23.7 Å². The van der Waals surface area contributed by atoms with Crippen LogP contribution in [0.4, 0.5) is 28.4 Å². The Hall–Kier alpha value is -13.2. The zero-order valence-corrected chi connectivity index (χ0v) is 63.5. The van der Waals surface area contributed by atoms with Crippen LogP contribution in [0, 0.1) is 64.2 Å². The number of amides is 5. The third-order valence-electron chi connectivity index (χ3n) is 18.5. The fourth-order valence-electron chi connectivity index (χ4n) is 12.0. The smallest absolute Gasteiger partial charge is 0.336 e. The first-order valence-corrected chi connectivity index (χ1v) is 35.0. The second-order valence-corrected chi connectivity index (χ2v) is 26.2. The third-order valence-corrected chi connectivity index (χ3v) is 18.5. The number of anilines is 5. The van der Waals surface area contributed by atoms with E-state index in [4.69, 9.17) is 44.9 Å². The van der Waals surface area contributed by atoms with Gasteiger partial charge in [0.1, 0.15) is 0 Å². The topological polar surface area (TPSA) is 440 Å². The molecule has 108 heavy (non-hydrogen) atoms. The highest BCUT2D eigenvalue weighted by molar-refractivity contribution is 6.05. The van der Waals surface area contributed by atoms with Crippen molar-refractivity contribution in [2.75, 3.05) is 41.0 Å². The molecular formula is C84H93N17O7. The molecule has 556 valence electrons. The molecule has 6 unspecified atom stereocenters. The van der Waals surface area contributed by atoms with Crippen LogP contribution >= 0.6 is 0 Å². The maximum Gasteiger partial charge on any atom is 0.336 e. The molecule has 0 radical (unpaired) electrons. The number of carbonyl (C=O) groups is 6. The number of aryl methyl sites for hydroxylation is 6. The number of carbonyl (C=O) groups excluding carboxylic acids is 5. The maximum atomic E-state index is 11.3. The van der Waals surface area contributed by atoms with Gasteiger partial charge >= 0.3 is 5.97 Å². The largest absolute Gasteiger partial charge is 0.478 e. The fourth-order valence-corrected chi connectivity index (χ4v) is 12.0. The molecule has 6 aromatic carbocycles. The number of nitrogens with one attached hydrogen (secondary N) is 3. The van der Waals surface area contributed by atoms with Crippen molar-refractivity contribution in [3.8, 4) is 12.1 Å². The van der Waals surface area contributed by atoms with E-state index in [0.717, 1.165) is 134 Å². The number of aromatic carboxylic acids is 1. The van der Waals surface area contributed by atoms with Crippen molar-refractivity contribution in [2.24, 2.45) is 22.9 Å². The summed E-state index contributed by atoms with van der Waals surface area (Å²) in [5, 5.41) is 47.8. The molecule has 24 heteroatoms. The number of rotatable bonds is 15. The number of nitriles is 2. The number of pyridine rings is 6. The molecular weight excluding hydrogens is 1360 g/mol. The number of nitrogens with two attached hydrogens (primary N) is 6. The molecule has 16 N–H and O–H groups in total. The van der Waals surface area contributed by atoms with Crippen LogP contribution in [0.25, 0.3) is 64.6 Å². The van der Waals surface area contributed by atoms with Crippen molar-refractivity contribution in [1.29, 1.82) is 10.5 Å². The average Bonchev–Trinajstić information content (AvgIpc) is 0.872. The van der Waals surface area contributed by atoms with Gasteiger partial charge in [-0.25, -0.2) is 4.79 Å². The summed E-state index contributed by atoms with van der Waals surface area (Å²) in [7, 11) is 1.88. The number of fused-ring (bicyclic) bond motifs is 6. The van der Waals surface area contributed by atoms with Crippen LogP contribution in [0.2, 0.25) is 0 Å². The summed E-state index contributed by atoms with van der Waals surface area (Å²) >= 11 is 0. The molecule has 0 bridgehead atoms. The quantitative estimate of drug-likeness (QED) is 0.0426. The highest BCUT2D eigenvalue weighted by Gasteiger charge is 2.22. The van der Waals surface area contributed by atoms with Crippen LogP contribution in [0.1, 0.15) is 170 Å². The van der Waals surface area contributed by atoms with Crippen molar-refractivity contribution >= 4 is 129 Å². The van der Waals surface area contributed by atoms with Gasteiger partial charge in [-0.15, -0.1) is 0 Å².